The molecule has 0 spiro atoms. The Bertz CT molecular complexity index is 440. The van der Waals surface area contributed by atoms with Gasteiger partial charge in [0.1, 0.15) is 17.2 Å². The Hall–Kier alpha value is -0.690. The predicted octanol–water partition coefficient (Wildman–Crippen LogP) is 1.12. The predicted molar refractivity (Wildman–Crippen MR) is 68.8 cm³/mol. The monoisotopic (exact) mass is 339 g/mol. The fourth-order valence-electron chi connectivity index (χ4n) is 1.53. The lowest BCUT2D eigenvalue weighted by molar-refractivity contribution is -0.122. The summed E-state index contributed by atoms with van der Waals surface area (Å²) in [4.78, 5) is 11.3. The summed E-state index contributed by atoms with van der Waals surface area (Å²) < 4.78 is 14.3. The van der Waals surface area contributed by atoms with Crippen molar-refractivity contribution in [3.8, 4) is 0 Å². The van der Waals surface area contributed by atoms with Crippen molar-refractivity contribution < 1.29 is 19.4 Å². The van der Waals surface area contributed by atoms with E-state index in [1.54, 1.807) is 0 Å². The van der Waals surface area contributed by atoms with Gasteiger partial charge in [0.25, 0.3) is 0 Å². The first-order valence-electron chi connectivity index (χ1n) is 5.03. The molecule has 3 N–H and O–H groups in total. The highest BCUT2D eigenvalue weighted by Gasteiger charge is 2.35. The number of benzene rings is 1. The van der Waals surface area contributed by atoms with E-state index >= 15 is 0 Å². The zero-order chi connectivity index (χ0) is 13.8. The summed E-state index contributed by atoms with van der Waals surface area (Å²) in [5, 5.41) is 21.1. The molecule has 0 aliphatic heterocycles. The molecule has 1 aromatic carbocycles. The fourth-order valence-corrected chi connectivity index (χ4v) is 1.96. The minimum Gasteiger partial charge on any atom is -0.393 e. The van der Waals surface area contributed by atoms with Crippen LogP contribution in [0.3, 0.4) is 0 Å². The Balaban J connectivity index is 3.25. The molecule has 0 radical (unpaired) electrons. The summed E-state index contributed by atoms with van der Waals surface area (Å²) in [5.41, 5.74) is -1.61. The number of halogens is 3. The highest BCUT2D eigenvalue weighted by molar-refractivity contribution is 9.10. The van der Waals surface area contributed by atoms with Gasteiger partial charge in [-0.2, -0.15) is 0 Å². The van der Waals surface area contributed by atoms with Crippen molar-refractivity contribution in [2.24, 2.45) is 0 Å². The Morgan fingerprint density at radius 2 is 2.06 bits per heavy atom. The van der Waals surface area contributed by atoms with Crippen molar-refractivity contribution in [1.29, 1.82) is 0 Å². The molecule has 0 aromatic heterocycles. The van der Waals surface area contributed by atoms with Gasteiger partial charge in [0.2, 0.25) is 5.91 Å². The standard InChI is InChI=1S/C11H12BrClFNO3/c12-7-1-2-9(14)8(3-7)11(5-16,6-17)15-10(18)4-13/h1-3,16-17H,4-6H2,(H,15,18). The van der Waals surface area contributed by atoms with E-state index in [9.17, 15) is 19.4 Å². The van der Waals surface area contributed by atoms with E-state index < -0.39 is 30.5 Å². The molecule has 0 saturated carbocycles. The van der Waals surface area contributed by atoms with Gasteiger partial charge in [-0.05, 0) is 18.2 Å². The van der Waals surface area contributed by atoms with Crippen LogP contribution in [0.5, 0.6) is 0 Å². The van der Waals surface area contributed by atoms with Crippen LogP contribution in [-0.2, 0) is 10.3 Å². The molecule has 0 fully saturated rings. The number of carbonyl (C=O) groups excluding carboxylic acids is 1. The van der Waals surface area contributed by atoms with Crippen LogP contribution in [0.4, 0.5) is 4.39 Å². The Morgan fingerprint density at radius 1 is 1.44 bits per heavy atom. The van der Waals surface area contributed by atoms with Crippen LogP contribution in [0.1, 0.15) is 5.56 Å². The third kappa shape index (κ3) is 3.20. The first-order valence-corrected chi connectivity index (χ1v) is 6.36. The van der Waals surface area contributed by atoms with Gasteiger partial charge in [-0.3, -0.25) is 4.79 Å². The number of alkyl halides is 1. The van der Waals surface area contributed by atoms with Crippen molar-refractivity contribution >= 4 is 33.4 Å². The Kier molecular flexibility index (Phi) is 5.52. The van der Waals surface area contributed by atoms with Gasteiger partial charge in [-0.1, -0.05) is 15.9 Å². The zero-order valence-corrected chi connectivity index (χ0v) is 11.6. The van der Waals surface area contributed by atoms with Crippen molar-refractivity contribution in [3.63, 3.8) is 0 Å². The van der Waals surface area contributed by atoms with Gasteiger partial charge < -0.3 is 15.5 Å². The number of nitrogens with one attached hydrogen (secondary N) is 1. The quantitative estimate of drug-likeness (QED) is 0.704. The smallest absolute Gasteiger partial charge is 0.235 e. The second-order valence-corrected chi connectivity index (χ2v) is 4.89. The number of carbonyl (C=O) groups is 1. The van der Waals surface area contributed by atoms with E-state index in [1.807, 2.05) is 0 Å². The molecular formula is C11H12BrClFNO3. The highest BCUT2D eigenvalue weighted by Crippen LogP contribution is 2.26. The average Bonchev–Trinajstić information content (AvgIpc) is 2.39. The van der Waals surface area contributed by atoms with Crippen LogP contribution in [0.2, 0.25) is 0 Å². The fraction of sp³-hybridized carbons (Fsp3) is 0.364. The molecule has 1 aromatic rings. The summed E-state index contributed by atoms with van der Waals surface area (Å²) in [6.07, 6.45) is 0. The maximum Gasteiger partial charge on any atom is 0.235 e. The minimum absolute atomic E-state index is 0.0136. The summed E-state index contributed by atoms with van der Waals surface area (Å²) in [7, 11) is 0. The second-order valence-electron chi connectivity index (χ2n) is 3.70. The maximum atomic E-state index is 13.8. The number of hydrogen-bond acceptors (Lipinski definition) is 3. The Labute approximate surface area is 117 Å². The van der Waals surface area contributed by atoms with Gasteiger partial charge in [0, 0.05) is 10.0 Å². The molecule has 4 nitrogen and oxygen atoms in total. The molecule has 18 heavy (non-hydrogen) atoms. The lowest BCUT2D eigenvalue weighted by Gasteiger charge is -2.31. The second kappa shape index (κ2) is 6.47. The average molecular weight is 341 g/mol. The minimum atomic E-state index is -1.60. The molecule has 0 unspecified atom stereocenters. The third-order valence-corrected chi connectivity index (χ3v) is 3.22. The first-order chi connectivity index (χ1) is 8.49. The van der Waals surface area contributed by atoms with Crippen molar-refractivity contribution in [2.45, 2.75) is 5.54 Å². The number of rotatable bonds is 5. The van der Waals surface area contributed by atoms with Crippen LogP contribution < -0.4 is 5.32 Å². The molecule has 0 heterocycles. The molecule has 0 aliphatic carbocycles. The molecule has 0 bridgehead atoms. The third-order valence-electron chi connectivity index (χ3n) is 2.48. The summed E-state index contributed by atoms with van der Waals surface area (Å²) in [6.45, 7) is -1.31. The summed E-state index contributed by atoms with van der Waals surface area (Å²) in [6, 6.07) is 4.03. The maximum absolute atomic E-state index is 13.8. The lowest BCUT2D eigenvalue weighted by atomic mass is 9.91. The molecule has 0 atom stereocenters. The van der Waals surface area contributed by atoms with E-state index in [-0.39, 0.29) is 11.4 Å². The van der Waals surface area contributed by atoms with Gasteiger partial charge in [-0.25, -0.2) is 4.39 Å². The van der Waals surface area contributed by atoms with E-state index in [0.717, 1.165) is 0 Å². The van der Waals surface area contributed by atoms with Gasteiger partial charge in [0.05, 0.1) is 13.2 Å². The van der Waals surface area contributed by atoms with Crippen LogP contribution in [0.15, 0.2) is 22.7 Å². The molecule has 7 heteroatoms. The SMILES string of the molecule is O=C(CCl)NC(CO)(CO)c1cc(Br)ccc1F. The lowest BCUT2D eigenvalue weighted by Crippen LogP contribution is -2.52. The van der Waals surface area contributed by atoms with E-state index in [4.69, 9.17) is 11.6 Å². The molecule has 1 rings (SSSR count). The van der Waals surface area contributed by atoms with Crippen molar-refractivity contribution in [1.82, 2.24) is 5.32 Å². The summed E-state index contributed by atoms with van der Waals surface area (Å²) in [5.74, 6) is -1.60. The van der Waals surface area contributed by atoms with Crippen LogP contribution in [-0.4, -0.2) is 35.2 Å². The molecule has 0 saturated heterocycles. The Morgan fingerprint density at radius 3 is 2.56 bits per heavy atom. The number of aliphatic hydroxyl groups is 2. The van der Waals surface area contributed by atoms with E-state index in [2.05, 4.69) is 21.2 Å². The van der Waals surface area contributed by atoms with E-state index in [0.29, 0.717) is 4.47 Å². The van der Waals surface area contributed by atoms with Crippen LogP contribution in [0.25, 0.3) is 0 Å². The molecule has 1 amide bonds. The normalized spacial score (nSPS) is 11.4. The van der Waals surface area contributed by atoms with Gasteiger partial charge >= 0.3 is 0 Å². The largest absolute Gasteiger partial charge is 0.393 e. The summed E-state index contributed by atoms with van der Waals surface area (Å²) >= 11 is 8.51. The van der Waals surface area contributed by atoms with Crippen LogP contribution >= 0.6 is 27.5 Å². The van der Waals surface area contributed by atoms with Crippen LogP contribution in [0, 0.1) is 5.82 Å². The van der Waals surface area contributed by atoms with Gasteiger partial charge in [-0.15, -0.1) is 11.6 Å². The van der Waals surface area contributed by atoms with E-state index in [1.165, 1.54) is 18.2 Å². The molecular weight excluding hydrogens is 328 g/mol. The molecule has 0 aliphatic rings. The highest BCUT2D eigenvalue weighted by atomic mass is 79.9. The number of aliphatic hydroxyl groups excluding tert-OH is 2. The molecule has 100 valence electrons. The number of hydrogen-bond donors (Lipinski definition) is 3. The van der Waals surface area contributed by atoms with Gasteiger partial charge in [0.15, 0.2) is 0 Å². The first kappa shape index (κ1) is 15.4. The van der Waals surface area contributed by atoms with Crippen molar-refractivity contribution in [2.75, 3.05) is 19.1 Å². The number of amides is 1. The van der Waals surface area contributed by atoms with Crippen molar-refractivity contribution in [3.05, 3.63) is 34.1 Å². The topological polar surface area (TPSA) is 69.6 Å². The zero-order valence-electron chi connectivity index (χ0n) is 9.29.